The largest absolute Gasteiger partial charge is 0.368 e. The Morgan fingerprint density at radius 3 is 2.54 bits per heavy atom. The van der Waals surface area contributed by atoms with Crippen molar-refractivity contribution in [2.45, 2.75) is 0 Å². The van der Waals surface area contributed by atoms with Crippen LogP contribution in [-0.4, -0.2) is 19.7 Å². The third-order valence-corrected chi connectivity index (χ3v) is 1.68. The van der Waals surface area contributed by atoms with Crippen LogP contribution in [0.1, 0.15) is 0 Å². The van der Waals surface area contributed by atoms with Gasteiger partial charge in [0.1, 0.15) is 0 Å². The molecule has 0 radical (unpaired) electrons. The average molecular weight is 175 g/mol. The molecule has 0 amide bonds. The molecule has 0 aliphatic carbocycles. The third-order valence-electron chi connectivity index (χ3n) is 1.68. The van der Waals surface area contributed by atoms with Gasteiger partial charge in [0, 0.05) is 31.2 Å². The molecule has 2 heterocycles. The normalized spacial score (nSPS) is 10.2. The van der Waals surface area contributed by atoms with E-state index in [9.17, 15) is 0 Å². The van der Waals surface area contributed by atoms with E-state index >= 15 is 0 Å². The lowest BCUT2D eigenvalue weighted by Gasteiger charge is -1.94. The molecule has 0 saturated carbocycles. The number of hydrogen-bond acceptors (Lipinski definition) is 4. The molecular formula is C8H9N5. The van der Waals surface area contributed by atoms with E-state index in [1.165, 1.54) is 0 Å². The Hall–Kier alpha value is -1.91. The standard InChI is InChI=1S/C8H9N5/c1-13-3-2-7(12-13)6-4-10-8(9)11-5-6/h2-5H,1H3,(H2,9,10,11). The number of hydrogen-bond donors (Lipinski definition) is 1. The van der Waals surface area contributed by atoms with E-state index in [4.69, 9.17) is 5.73 Å². The Labute approximate surface area is 75.2 Å². The van der Waals surface area contributed by atoms with Crippen molar-refractivity contribution in [3.8, 4) is 11.3 Å². The van der Waals surface area contributed by atoms with Gasteiger partial charge in [-0.05, 0) is 6.07 Å². The lowest BCUT2D eigenvalue weighted by molar-refractivity contribution is 0.770. The summed E-state index contributed by atoms with van der Waals surface area (Å²) < 4.78 is 1.73. The van der Waals surface area contributed by atoms with Gasteiger partial charge in [-0.1, -0.05) is 0 Å². The summed E-state index contributed by atoms with van der Waals surface area (Å²) in [5.74, 6) is 0.277. The molecule has 2 N–H and O–H groups in total. The highest BCUT2D eigenvalue weighted by molar-refractivity contribution is 5.56. The van der Waals surface area contributed by atoms with E-state index in [1.54, 1.807) is 17.1 Å². The fourth-order valence-electron chi connectivity index (χ4n) is 1.04. The Balaban J connectivity index is 2.41. The summed E-state index contributed by atoms with van der Waals surface area (Å²) in [6.07, 6.45) is 5.18. The van der Waals surface area contributed by atoms with Crippen LogP contribution in [0.15, 0.2) is 24.7 Å². The summed E-state index contributed by atoms with van der Waals surface area (Å²) in [5.41, 5.74) is 7.08. The van der Waals surface area contributed by atoms with Crippen LogP contribution in [-0.2, 0) is 7.05 Å². The lowest BCUT2D eigenvalue weighted by Crippen LogP contribution is -1.94. The van der Waals surface area contributed by atoms with Crippen LogP contribution in [0.25, 0.3) is 11.3 Å². The minimum absolute atomic E-state index is 0.277. The SMILES string of the molecule is Cn1ccc(-c2cnc(N)nc2)n1. The number of rotatable bonds is 1. The van der Waals surface area contributed by atoms with Crippen molar-refractivity contribution in [2.24, 2.45) is 7.05 Å². The molecule has 0 aliphatic heterocycles. The highest BCUT2D eigenvalue weighted by atomic mass is 15.2. The van der Waals surface area contributed by atoms with Gasteiger partial charge < -0.3 is 5.73 Å². The van der Waals surface area contributed by atoms with Gasteiger partial charge in [0.25, 0.3) is 0 Å². The smallest absolute Gasteiger partial charge is 0.219 e. The second-order valence-corrected chi connectivity index (χ2v) is 2.70. The Morgan fingerprint density at radius 2 is 2.00 bits per heavy atom. The number of aryl methyl sites for hydroxylation is 1. The molecule has 0 aliphatic rings. The van der Waals surface area contributed by atoms with Crippen molar-refractivity contribution >= 4 is 5.95 Å². The number of nitrogen functional groups attached to an aromatic ring is 1. The number of aromatic nitrogens is 4. The van der Waals surface area contributed by atoms with Gasteiger partial charge in [0.15, 0.2) is 0 Å². The topological polar surface area (TPSA) is 69.6 Å². The summed E-state index contributed by atoms with van der Waals surface area (Å²) >= 11 is 0. The minimum atomic E-state index is 0.277. The molecule has 5 nitrogen and oxygen atoms in total. The predicted molar refractivity (Wildman–Crippen MR) is 48.6 cm³/mol. The van der Waals surface area contributed by atoms with Gasteiger partial charge in [0.05, 0.1) is 5.69 Å². The molecule has 0 fully saturated rings. The zero-order valence-electron chi connectivity index (χ0n) is 7.18. The highest BCUT2D eigenvalue weighted by Crippen LogP contribution is 2.13. The van der Waals surface area contributed by atoms with E-state index in [0.717, 1.165) is 11.3 Å². The van der Waals surface area contributed by atoms with Gasteiger partial charge in [-0.2, -0.15) is 5.10 Å². The van der Waals surface area contributed by atoms with Crippen LogP contribution in [0.5, 0.6) is 0 Å². The Bertz CT molecular complexity index is 403. The zero-order chi connectivity index (χ0) is 9.26. The first-order valence-corrected chi connectivity index (χ1v) is 3.83. The lowest BCUT2D eigenvalue weighted by atomic mass is 10.2. The van der Waals surface area contributed by atoms with E-state index in [1.807, 2.05) is 19.3 Å². The Morgan fingerprint density at radius 1 is 1.31 bits per heavy atom. The molecule has 2 aromatic heterocycles. The zero-order valence-corrected chi connectivity index (χ0v) is 7.18. The van der Waals surface area contributed by atoms with E-state index in [-0.39, 0.29) is 5.95 Å². The first-order chi connectivity index (χ1) is 6.25. The molecule has 0 unspecified atom stereocenters. The van der Waals surface area contributed by atoms with Crippen molar-refractivity contribution < 1.29 is 0 Å². The van der Waals surface area contributed by atoms with Crippen LogP contribution in [0.3, 0.4) is 0 Å². The molecule has 13 heavy (non-hydrogen) atoms. The first-order valence-electron chi connectivity index (χ1n) is 3.83. The molecule has 0 aromatic carbocycles. The third kappa shape index (κ3) is 1.48. The fourth-order valence-corrected chi connectivity index (χ4v) is 1.04. The van der Waals surface area contributed by atoms with E-state index in [0.29, 0.717) is 0 Å². The molecule has 5 heteroatoms. The summed E-state index contributed by atoms with van der Waals surface area (Å²) in [7, 11) is 1.86. The van der Waals surface area contributed by atoms with Crippen molar-refractivity contribution in [3.63, 3.8) is 0 Å². The van der Waals surface area contributed by atoms with Crippen LogP contribution in [0.4, 0.5) is 5.95 Å². The summed E-state index contributed by atoms with van der Waals surface area (Å²) in [4.78, 5) is 7.76. The van der Waals surface area contributed by atoms with Crippen LogP contribution in [0.2, 0.25) is 0 Å². The highest BCUT2D eigenvalue weighted by Gasteiger charge is 2.00. The van der Waals surface area contributed by atoms with E-state index in [2.05, 4.69) is 15.1 Å². The first kappa shape index (κ1) is 7.72. The Kier molecular flexibility index (Phi) is 1.70. The molecule has 66 valence electrons. The number of nitrogens with two attached hydrogens (primary N) is 1. The van der Waals surface area contributed by atoms with Gasteiger partial charge in [-0.15, -0.1) is 0 Å². The number of nitrogens with zero attached hydrogens (tertiary/aromatic N) is 4. The molecule has 0 bridgehead atoms. The molecule has 0 atom stereocenters. The monoisotopic (exact) mass is 175 g/mol. The maximum Gasteiger partial charge on any atom is 0.219 e. The molecule has 2 rings (SSSR count). The molecular weight excluding hydrogens is 166 g/mol. The summed E-state index contributed by atoms with van der Waals surface area (Å²) in [5, 5.41) is 4.21. The van der Waals surface area contributed by atoms with Gasteiger partial charge in [0.2, 0.25) is 5.95 Å². The van der Waals surface area contributed by atoms with Crippen LogP contribution in [0, 0.1) is 0 Å². The summed E-state index contributed by atoms with van der Waals surface area (Å²) in [6.45, 7) is 0. The van der Waals surface area contributed by atoms with Crippen molar-refractivity contribution in [1.82, 2.24) is 19.7 Å². The van der Waals surface area contributed by atoms with E-state index < -0.39 is 0 Å². The number of anilines is 1. The van der Waals surface area contributed by atoms with Crippen LogP contribution >= 0.6 is 0 Å². The second-order valence-electron chi connectivity index (χ2n) is 2.70. The maximum atomic E-state index is 5.36. The second kappa shape index (κ2) is 2.85. The maximum absolute atomic E-state index is 5.36. The fraction of sp³-hybridized carbons (Fsp3) is 0.125. The quantitative estimate of drug-likeness (QED) is 0.683. The van der Waals surface area contributed by atoms with Gasteiger partial charge in [-0.25, -0.2) is 9.97 Å². The van der Waals surface area contributed by atoms with Crippen molar-refractivity contribution in [3.05, 3.63) is 24.7 Å². The molecule has 0 spiro atoms. The van der Waals surface area contributed by atoms with Crippen molar-refractivity contribution in [2.75, 3.05) is 5.73 Å². The molecule has 0 saturated heterocycles. The van der Waals surface area contributed by atoms with Gasteiger partial charge in [-0.3, -0.25) is 4.68 Å². The summed E-state index contributed by atoms with van der Waals surface area (Å²) in [6, 6.07) is 1.90. The van der Waals surface area contributed by atoms with Crippen molar-refractivity contribution in [1.29, 1.82) is 0 Å². The minimum Gasteiger partial charge on any atom is -0.368 e. The molecule has 2 aromatic rings. The van der Waals surface area contributed by atoms with Gasteiger partial charge >= 0.3 is 0 Å². The average Bonchev–Trinajstić information content (AvgIpc) is 2.53. The predicted octanol–water partition coefficient (Wildman–Crippen LogP) is 0.459. The van der Waals surface area contributed by atoms with Crippen LogP contribution < -0.4 is 5.73 Å².